The molecule has 2 aliphatic rings. The van der Waals surface area contributed by atoms with Crippen molar-refractivity contribution in [1.29, 1.82) is 0 Å². The minimum Gasteiger partial charge on any atom is -0.342 e. The maximum atomic E-state index is 6.01. The summed E-state index contributed by atoms with van der Waals surface area (Å²) in [5.74, 6) is -0.556. The Hall–Kier alpha value is -1.32. The molecule has 1 aromatic heterocycles. The molecule has 1 aromatic carbocycles. The van der Waals surface area contributed by atoms with Crippen LogP contribution in [-0.2, 0) is 21.8 Å². The molecule has 2 atom stereocenters. The molecule has 4 rings (SSSR count). The molecule has 2 aliphatic heterocycles. The van der Waals surface area contributed by atoms with E-state index >= 15 is 0 Å². The topological polar surface area (TPSA) is 23.4 Å². The van der Waals surface area contributed by atoms with Crippen LogP contribution in [0.15, 0.2) is 18.2 Å². The van der Waals surface area contributed by atoms with Gasteiger partial charge in [-0.3, -0.25) is 0 Å². The molecule has 0 amide bonds. The van der Waals surface area contributed by atoms with Crippen LogP contribution in [0, 0.1) is 13.8 Å². The highest BCUT2D eigenvalue weighted by Crippen LogP contribution is 2.44. The highest BCUT2D eigenvalue weighted by Gasteiger charge is 2.47. The molecule has 0 aliphatic carbocycles. The Labute approximate surface area is 106 Å². The van der Waals surface area contributed by atoms with Gasteiger partial charge in [-0.15, -0.1) is 0 Å². The molecule has 0 radical (unpaired) electrons. The summed E-state index contributed by atoms with van der Waals surface area (Å²) in [5.41, 5.74) is 5.08. The zero-order valence-corrected chi connectivity index (χ0v) is 11.0. The number of hydrogen-bond acceptors (Lipinski definition) is 2. The van der Waals surface area contributed by atoms with Gasteiger partial charge in [-0.2, -0.15) is 0 Å². The molecule has 0 spiro atoms. The van der Waals surface area contributed by atoms with Crippen LogP contribution in [-0.4, -0.2) is 17.3 Å². The molecule has 0 saturated carbocycles. The highest BCUT2D eigenvalue weighted by atomic mass is 16.7. The second-order valence-corrected chi connectivity index (χ2v) is 5.60. The van der Waals surface area contributed by atoms with E-state index in [1.165, 1.54) is 27.7 Å². The lowest BCUT2D eigenvalue weighted by Crippen LogP contribution is -2.34. The lowest BCUT2D eigenvalue weighted by atomic mass is 10.1. The molecule has 3 heterocycles. The van der Waals surface area contributed by atoms with Gasteiger partial charge >= 0.3 is 0 Å². The number of hydrogen-bond donors (Lipinski definition) is 0. The number of ether oxygens (including phenoxy) is 2. The average molecular weight is 243 g/mol. The van der Waals surface area contributed by atoms with Crippen LogP contribution in [0.3, 0.4) is 0 Å². The lowest BCUT2D eigenvalue weighted by Gasteiger charge is -2.31. The quantitative estimate of drug-likeness (QED) is 0.710. The Bertz CT molecular complexity index is 658. The summed E-state index contributed by atoms with van der Waals surface area (Å²) in [4.78, 5) is 0. The summed E-state index contributed by atoms with van der Waals surface area (Å²) in [5, 5.41) is 1.32. The van der Waals surface area contributed by atoms with Gasteiger partial charge < -0.3 is 14.0 Å². The summed E-state index contributed by atoms with van der Waals surface area (Å²) in [6.07, 6.45) is 0.193. The molecule has 3 heteroatoms. The number of aryl methyl sites for hydroxylation is 2. The minimum absolute atomic E-state index is 0.193. The fourth-order valence-corrected chi connectivity index (χ4v) is 3.47. The largest absolute Gasteiger partial charge is 0.342 e. The van der Waals surface area contributed by atoms with Gasteiger partial charge in [0.25, 0.3) is 0 Å². The fraction of sp³-hybridized carbons (Fsp3) is 0.467. The SMILES string of the molecule is Cc1ccc2c(c1)c(C)c1n2C[C@H]2CO[C@]1(C)O2. The number of rotatable bonds is 0. The van der Waals surface area contributed by atoms with Gasteiger partial charge in [0.1, 0.15) is 6.10 Å². The van der Waals surface area contributed by atoms with Crippen molar-refractivity contribution < 1.29 is 9.47 Å². The monoisotopic (exact) mass is 243 g/mol. The molecule has 1 fully saturated rings. The van der Waals surface area contributed by atoms with Gasteiger partial charge in [-0.25, -0.2) is 0 Å². The molecular weight excluding hydrogens is 226 g/mol. The first-order valence-corrected chi connectivity index (χ1v) is 6.50. The van der Waals surface area contributed by atoms with E-state index in [1.807, 2.05) is 6.92 Å². The van der Waals surface area contributed by atoms with Gasteiger partial charge in [0.05, 0.1) is 18.8 Å². The summed E-state index contributed by atoms with van der Waals surface area (Å²) >= 11 is 0. The van der Waals surface area contributed by atoms with Crippen molar-refractivity contribution in [1.82, 2.24) is 4.57 Å². The predicted octanol–water partition coefficient (Wildman–Crippen LogP) is 2.86. The Kier molecular flexibility index (Phi) is 1.86. The average Bonchev–Trinajstić information content (AvgIpc) is 2.78. The third-order valence-corrected chi connectivity index (χ3v) is 4.22. The van der Waals surface area contributed by atoms with Crippen molar-refractivity contribution in [2.75, 3.05) is 6.61 Å². The summed E-state index contributed by atoms with van der Waals surface area (Å²) in [6, 6.07) is 6.65. The van der Waals surface area contributed by atoms with Crippen LogP contribution in [0.2, 0.25) is 0 Å². The molecule has 2 aromatic rings. The Balaban J connectivity index is 2.10. The summed E-state index contributed by atoms with van der Waals surface area (Å²) in [7, 11) is 0. The molecule has 0 unspecified atom stereocenters. The number of aromatic nitrogens is 1. The Morgan fingerprint density at radius 2 is 2.17 bits per heavy atom. The van der Waals surface area contributed by atoms with Crippen molar-refractivity contribution in [2.45, 2.75) is 39.2 Å². The molecule has 3 nitrogen and oxygen atoms in total. The van der Waals surface area contributed by atoms with Crippen LogP contribution in [0.5, 0.6) is 0 Å². The maximum Gasteiger partial charge on any atom is 0.208 e. The van der Waals surface area contributed by atoms with Crippen molar-refractivity contribution in [3.8, 4) is 0 Å². The van der Waals surface area contributed by atoms with Crippen molar-refractivity contribution >= 4 is 10.9 Å². The third-order valence-electron chi connectivity index (χ3n) is 4.22. The Morgan fingerprint density at radius 1 is 1.33 bits per heavy atom. The zero-order valence-electron chi connectivity index (χ0n) is 11.0. The van der Waals surface area contributed by atoms with Crippen LogP contribution in [0.4, 0.5) is 0 Å². The lowest BCUT2D eigenvalue weighted by molar-refractivity contribution is -0.178. The standard InChI is InChI=1S/C15H17NO2/c1-9-4-5-13-12(6-9)10(2)14-15(3)17-8-11(18-15)7-16(13)14/h4-6,11H,7-8H2,1-3H3/t11-,15+/m0/s1. The van der Waals surface area contributed by atoms with E-state index in [2.05, 4.69) is 36.6 Å². The van der Waals surface area contributed by atoms with E-state index in [0.29, 0.717) is 6.61 Å². The van der Waals surface area contributed by atoms with Crippen LogP contribution >= 0.6 is 0 Å². The zero-order chi connectivity index (χ0) is 12.5. The normalized spacial score (nSPS) is 29.8. The van der Waals surface area contributed by atoms with Gasteiger partial charge in [0, 0.05) is 10.9 Å². The second-order valence-electron chi connectivity index (χ2n) is 5.60. The maximum absolute atomic E-state index is 6.01. The van der Waals surface area contributed by atoms with Crippen LogP contribution < -0.4 is 0 Å². The smallest absolute Gasteiger partial charge is 0.208 e. The Morgan fingerprint density at radius 3 is 3.00 bits per heavy atom. The third kappa shape index (κ3) is 1.16. The molecule has 1 saturated heterocycles. The second kappa shape index (κ2) is 3.16. The van der Waals surface area contributed by atoms with Crippen molar-refractivity contribution in [3.63, 3.8) is 0 Å². The molecule has 0 N–H and O–H groups in total. The van der Waals surface area contributed by atoms with Crippen LogP contribution in [0.25, 0.3) is 10.9 Å². The van der Waals surface area contributed by atoms with E-state index < -0.39 is 5.79 Å². The number of nitrogens with zero attached hydrogens (tertiary/aromatic N) is 1. The summed E-state index contributed by atoms with van der Waals surface area (Å²) in [6.45, 7) is 7.95. The van der Waals surface area contributed by atoms with Crippen LogP contribution in [0.1, 0.15) is 23.7 Å². The number of benzene rings is 1. The van der Waals surface area contributed by atoms with Gasteiger partial charge in [0.2, 0.25) is 5.79 Å². The fourth-order valence-electron chi connectivity index (χ4n) is 3.47. The van der Waals surface area contributed by atoms with Crippen molar-refractivity contribution in [2.24, 2.45) is 0 Å². The van der Waals surface area contributed by atoms with E-state index in [0.717, 1.165) is 6.54 Å². The summed E-state index contributed by atoms with van der Waals surface area (Å²) < 4.78 is 14.3. The van der Waals surface area contributed by atoms with E-state index in [9.17, 15) is 0 Å². The molecule has 18 heavy (non-hydrogen) atoms. The van der Waals surface area contributed by atoms with Gasteiger partial charge in [-0.1, -0.05) is 11.6 Å². The predicted molar refractivity (Wildman–Crippen MR) is 69.6 cm³/mol. The first-order chi connectivity index (χ1) is 8.58. The first kappa shape index (κ1) is 10.6. The van der Waals surface area contributed by atoms with Gasteiger partial charge in [-0.05, 0) is 38.5 Å². The molecule has 2 bridgehead atoms. The van der Waals surface area contributed by atoms with E-state index in [4.69, 9.17) is 9.47 Å². The number of fused-ring (bicyclic) bond motifs is 6. The van der Waals surface area contributed by atoms with Gasteiger partial charge in [0.15, 0.2) is 0 Å². The van der Waals surface area contributed by atoms with E-state index in [-0.39, 0.29) is 6.10 Å². The molecule has 94 valence electrons. The molecular formula is C15H17NO2. The first-order valence-electron chi connectivity index (χ1n) is 6.50. The minimum atomic E-state index is -0.556. The van der Waals surface area contributed by atoms with Crippen molar-refractivity contribution in [3.05, 3.63) is 35.0 Å². The van der Waals surface area contributed by atoms with E-state index in [1.54, 1.807) is 0 Å². The highest BCUT2D eigenvalue weighted by molar-refractivity contribution is 5.86.